The Morgan fingerprint density at radius 3 is 2.25 bits per heavy atom. The molecule has 0 radical (unpaired) electrons. The van der Waals surface area contributed by atoms with Crippen molar-refractivity contribution in [3.05, 3.63) is 108 Å². The number of carbonyl (C=O) groups excluding carboxylic acids is 1. The maximum atomic E-state index is 13.5. The van der Waals surface area contributed by atoms with E-state index in [4.69, 9.17) is 23.7 Å². The number of urea groups is 1. The van der Waals surface area contributed by atoms with E-state index in [1.54, 1.807) is 74.8 Å². The molecule has 0 aliphatic rings. The monoisotopic (exact) mass is 853 g/mol. The Morgan fingerprint density at radius 1 is 0.836 bits per heavy atom. The molecule has 0 spiro atoms. The molecule has 2 heterocycles. The molecule has 2 amide bonds. The lowest BCUT2D eigenvalue weighted by atomic mass is 9.86. The third kappa shape index (κ3) is 11.4. The van der Waals surface area contributed by atoms with Gasteiger partial charge in [0.05, 0.1) is 49.8 Å². The number of amides is 2. The molecule has 0 unspecified atom stereocenters. The largest absolute Gasteiger partial charge is 0.497 e. The number of carbonyl (C=O) groups is 2. The van der Waals surface area contributed by atoms with Gasteiger partial charge in [0.25, 0.3) is 0 Å². The maximum absolute atomic E-state index is 13.5. The van der Waals surface area contributed by atoms with Crippen LogP contribution in [0.2, 0.25) is 0 Å². The number of ether oxygens (including phenoxy) is 5. The van der Waals surface area contributed by atoms with Crippen LogP contribution < -0.4 is 39.6 Å². The third-order valence-corrected chi connectivity index (χ3v) is 9.67. The Balaban J connectivity index is 1.13. The van der Waals surface area contributed by atoms with Gasteiger partial charge in [0.15, 0.2) is 5.75 Å². The number of benzene rings is 4. The molecule has 5 N–H and O–H groups in total. The first-order valence-corrected chi connectivity index (χ1v) is 20.8. The lowest BCUT2D eigenvalue weighted by molar-refractivity contribution is 0.0470. The minimum absolute atomic E-state index is 0.0700. The van der Waals surface area contributed by atoms with Crippen molar-refractivity contribution in [3.8, 4) is 28.7 Å². The zero-order valence-electron chi connectivity index (χ0n) is 34.7. The van der Waals surface area contributed by atoms with Crippen LogP contribution in [0.15, 0.2) is 91.3 Å². The van der Waals surface area contributed by atoms with E-state index in [1.165, 1.54) is 18.0 Å². The summed E-state index contributed by atoms with van der Waals surface area (Å²) in [5, 5.41) is 23.8. The normalized spacial score (nSPS) is 11.5. The smallest absolute Gasteiger partial charge is 0.339 e. The number of sulfonamides is 1. The summed E-state index contributed by atoms with van der Waals surface area (Å²) >= 11 is 0. The van der Waals surface area contributed by atoms with Crippen LogP contribution in [0.5, 0.6) is 28.7 Å². The minimum atomic E-state index is -3.65. The van der Waals surface area contributed by atoms with Gasteiger partial charge in [-0.05, 0) is 48.2 Å². The highest BCUT2D eigenvalue weighted by Crippen LogP contribution is 2.40. The van der Waals surface area contributed by atoms with Gasteiger partial charge < -0.3 is 44.7 Å². The quantitative estimate of drug-likeness (QED) is 0.0546. The number of methoxy groups -OCH3 is 2. The third-order valence-electron chi connectivity index (χ3n) is 9.08. The first-order chi connectivity index (χ1) is 29.0. The molecule has 0 aliphatic carbocycles. The second-order valence-corrected chi connectivity index (χ2v) is 16.6. The molecule has 320 valence electrons. The van der Waals surface area contributed by atoms with E-state index < -0.39 is 22.0 Å². The lowest BCUT2D eigenvalue weighted by Crippen LogP contribution is -2.22. The Morgan fingerprint density at radius 2 is 1.56 bits per heavy atom. The Hall–Kier alpha value is -7.05. The highest BCUT2D eigenvalue weighted by atomic mass is 32.2. The van der Waals surface area contributed by atoms with Crippen molar-refractivity contribution in [1.29, 1.82) is 0 Å². The highest BCUT2D eigenvalue weighted by Gasteiger charge is 2.23. The predicted molar refractivity (Wildman–Crippen MR) is 233 cm³/mol. The summed E-state index contributed by atoms with van der Waals surface area (Å²) in [6, 6.07) is 22.6. The number of carboxylic acids is 1. The van der Waals surface area contributed by atoms with Crippen molar-refractivity contribution in [2.75, 3.05) is 54.4 Å². The van der Waals surface area contributed by atoms with Crippen LogP contribution in [-0.2, 0) is 26.9 Å². The Bertz CT molecular complexity index is 2680. The van der Waals surface area contributed by atoms with Crippen molar-refractivity contribution in [1.82, 2.24) is 14.8 Å². The number of aryl methyl sites for hydroxylation is 1. The fourth-order valence-corrected chi connectivity index (χ4v) is 6.78. The van der Waals surface area contributed by atoms with Gasteiger partial charge >= 0.3 is 12.0 Å². The van der Waals surface area contributed by atoms with Gasteiger partial charge in [-0.15, -0.1) is 0 Å². The summed E-state index contributed by atoms with van der Waals surface area (Å²) in [5.41, 5.74) is 2.54. The van der Waals surface area contributed by atoms with Crippen LogP contribution in [0.25, 0.3) is 10.8 Å². The van der Waals surface area contributed by atoms with Gasteiger partial charge in [0.1, 0.15) is 47.7 Å². The van der Waals surface area contributed by atoms with Gasteiger partial charge in [0.2, 0.25) is 10.0 Å². The van der Waals surface area contributed by atoms with Crippen molar-refractivity contribution in [3.63, 3.8) is 0 Å². The van der Waals surface area contributed by atoms with Crippen LogP contribution in [0, 0.1) is 6.92 Å². The van der Waals surface area contributed by atoms with E-state index in [0.717, 1.165) is 17.2 Å². The number of hydrogen-bond donors (Lipinski definition) is 5. The topological polar surface area (TPSA) is 213 Å². The molecule has 6 aromatic rings. The maximum Gasteiger partial charge on any atom is 0.339 e. The molecule has 18 heteroatoms. The zero-order valence-corrected chi connectivity index (χ0v) is 35.5. The van der Waals surface area contributed by atoms with Gasteiger partial charge in [0, 0.05) is 53.1 Å². The minimum Gasteiger partial charge on any atom is -0.497 e. The van der Waals surface area contributed by atoms with Crippen molar-refractivity contribution in [2.45, 2.75) is 39.8 Å². The average Bonchev–Trinajstić information content (AvgIpc) is 3.58. The predicted octanol–water partition coefficient (Wildman–Crippen LogP) is 8.36. The number of nitrogens with zero attached hydrogens (tertiary/aromatic N) is 3. The summed E-state index contributed by atoms with van der Waals surface area (Å²) in [6.45, 7) is 8.05. The molecule has 0 atom stereocenters. The molecular formula is C43H47N7O10S. The Kier molecular flexibility index (Phi) is 13.2. The molecule has 0 fully saturated rings. The van der Waals surface area contributed by atoms with E-state index in [-0.39, 0.29) is 48.0 Å². The van der Waals surface area contributed by atoms with Crippen LogP contribution in [0.1, 0.15) is 42.4 Å². The zero-order chi connectivity index (χ0) is 43.9. The number of nitrogens with one attached hydrogen (secondary N) is 4. The summed E-state index contributed by atoms with van der Waals surface area (Å²) in [4.78, 5) is 29.3. The highest BCUT2D eigenvalue weighted by molar-refractivity contribution is 7.92. The first-order valence-electron chi connectivity index (χ1n) is 18.9. The van der Waals surface area contributed by atoms with Crippen molar-refractivity contribution in [2.24, 2.45) is 0 Å². The SMILES string of the molecule is COc1cc(Nc2cc(Oc3ccc(NC(=O)Nc4cc(C(C)(C)C)cc(NS(C)(=O)=O)c4OC)c4ccccc34)ccn2)cc(OCCOCn2cc(C(=O)O)c(C)n2)c1. The summed E-state index contributed by atoms with van der Waals surface area (Å²) < 4.78 is 57.2. The number of carboxylic acid groups (broad SMARTS) is 1. The van der Waals surface area contributed by atoms with Gasteiger partial charge in [-0.25, -0.2) is 27.7 Å². The first kappa shape index (κ1) is 43.5. The molecule has 6 rings (SSSR count). The molecule has 61 heavy (non-hydrogen) atoms. The number of pyridine rings is 1. The molecule has 17 nitrogen and oxygen atoms in total. The van der Waals surface area contributed by atoms with E-state index in [0.29, 0.717) is 51.3 Å². The second kappa shape index (κ2) is 18.5. The number of aromatic nitrogens is 3. The standard InChI is InChI=1S/C43H47N7O10S/c1-26-34(41(51)52)24-50(48-26)25-58-16-17-59-31-21-28(20-30(22-31)56-5)45-39-23-29(14-15-44-39)60-38-13-12-35(32-10-8-9-11-33(32)38)46-42(53)47-36-18-27(43(2,3)4)19-37(40(36)57-6)49-61(7,54)55/h8-15,18-24,49H,16-17,25H2,1-7H3,(H,44,45)(H,51,52)(H2,46,47,53). The average molecular weight is 854 g/mol. The lowest BCUT2D eigenvalue weighted by Gasteiger charge is -2.24. The fourth-order valence-electron chi connectivity index (χ4n) is 6.23. The number of hydrogen-bond acceptors (Lipinski definition) is 12. The second-order valence-electron chi connectivity index (χ2n) is 14.8. The van der Waals surface area contributed by atoms with E-state index >= 15 is 0 Å². The van der Waals surface area contributed by atoms with Gasteiger partial charge in [-0.2, -0.15) is 5.10 Å². The number of anilines is 5. The van der Waals surface area contributed by atoms with Crippen molar-refractivity contribution < 1.29 is 46.8 Å². The van der Waals surface area contributed by atoms with E-state index in [2.05, 4.69) is 30.8 Å². The molecule has 0 bridgehead atoms. The van der Waals surface area contributed by atoms with Crippen LogP contribution in [0.3, 0.4) is 0 Å². The fraction of sp³-hybridized carbons (Fsp3) is 0.256. The summed E-state index contributed by atoms with van der Waals surface area (Å²) in [7, 11) is -0.705. The molecule has 0 saturated carbocycles. The molecule has 2 aromatic heterocycles. The molecule has 0 saturated heterocycles. The van der Waals surface area contributed by atoms with E-state index in [9.17, 15) is 23.1 Å². The molecular weight excluding hydrogens is 807 g/mol. The van der Waals surface area contributed by atoms with Crippen LogP contribution >= 0.6 is 0 Å². The number of rotatable bonds is 17. The van der Waals surface area contributed by atoms with E-state index in [1.807, 2.05) is 45.0 Å². The number of fused-ring (bicyclic) bond motifs is 1. The number of aromatic carboxylic acids is 1. The summed E-state index contributed by atoms with van der Waals surface area (Å²) in [5.74, 6) is 1.67. The van der Waals surface area contributed by atoms with Crippen LogP contribution in [0.4, 0.5) is 33.4 Å². The molecule has 0 aliphatic heterocycles. The Labute approximate surface area is 353 Å². The summed E-state index contributed by atoms with van der Waals surface area (Å²) in [6.07, 6.45) is 4.07. The van der Waals surface area contributed by atoms with Crippen LogP contribution in [-0.4, -0.2) is 74.0 Å². The van der Waals surface area contributed by atoms with Gasteiger partial charge in [-0.3, -0.25) is 4.72 Å². The van der Waals surface area contributed by atoms with Gasteiger partial charge in [-0.1, -0.05) is 45.0 Å². The molecule has 4 aromatic carbocycles. The van der Waals surface area contributed by atoms with Crippen molar-refractivity contribution >= 4 is 61.4 Å².